The lowest BCUT2D eigenvalue weighted by molar-refractivity contribution is -0.110. The quantitative estimate of drug-likeness (QED) is 0.440. The molecule has 3 nitrogen and oxygen atoms in total. The second kappa shape index (κ2) is 8.09. The molecule has 80 valence electrons. The summed E-state index contributed by atoms with van der Waals surface area (Å²) in [4.78, 5) is 9.83. The summed E-state index contributed by atoms with van der Waals surface area (Å²) in [5, 5.41) is -0.988. The van der Waals surface area contributed by atoms with E-state index in [4.69, 9.17) is 46.4 Å². The predicted molar refractivity (Wildman–Crippen MR) is 54.6 cm³/mol. The number of carbonyl (C=O) groups excluding carboxylic acids is 1. The number of hydrogen-bond donors (Lipinski definition) is 0. The molecule has 0 saturated carbocycles. The van der Waals surface area contributed by atoms with Crippen molar-refractivity contribution in [2.75, 3.05) is 14.2 Å². The summed E-state index contributed by atoms with van der Waals surface area (Å²) >= 11 is 19.5. The van der Waals surface area contributed by atoms with Gasteiger partial charge in [-0.05, 0) is 18.5 Å². The topological polar surface area (TPSA) is 35.5 Å². The van der Waals surface area contributed by atoms with E-state index in [1.165, 1.54) is 0 Å². The van der Waals surface area contributed by atoms with Gasteiger partial charge >= 0.3 is 0 Å². The van der Waals surface area contributed by atoms with Gasteiger partial charge in [-0.1, -0.05) is 34.8 Å². The first-order valence-electron chi connectivity index (χ1n) is 3.08. The molecule has 0 aromatic rings. The number of ether oxygens (including phenoxy) is 2. The number of hydrogen-bond acceptors (Lipinski definition) is 3. The highest BCUT2D eigenvalue weighted by atomic mass is 35.6. The minimum Gasteiger partial charge on any atom is -0.356 e. The number of carbonyl (C=O) groups is 1. The van der Waals surface area contributed by atoms with Crippen LogP contribution < -0.4 is 0 Å². The average Bonchev–Trinajstić information content (AvgIpc) is 2.02. The van der Waals surface area contributed by atoms with E-state index in [-0.39, 0.29) is 6.29 Å². The zero-order chi connectivity index (χ0) is 11.1. The summed E-state index contributed by atoms with van der Waals surface area (Å²) in [6, 6.07) is 0. The van der Waals surface area contributed by atoms with E-state index in [9.17, 15) is 4.79 Å². The van der Waals surface area contributed by atoms with E-state index in [1.54, 1.807) is 14.2 Å². The minimum absolute atomic E-state index is 0.0648. The highest BCUT2D eigenvalue weighted by Gasteiger charge is 2.27. The summed E-state index contributed by atoms with van der Waals surface area (Å²) in [6.45, 7) is 1.83. The van der Waals surface area contributed by atoms with E-state index >= 15 is 0 Å². The van der Waals surface area contributed by atoms with Crippen LogP contribution in [0.3, 0.4) is 0 Å². The van der Waals surface area contributed by atoms with Crippen molar-refractivity contribution in [1.82, 2.24) is 0 Å². The Morgan fingerprint density at radius 2 is 1.46 bits per heavy atom. The molecule has 0 unspecified atom stereocenters. The molecule has 0 spiro atoms. The van der Waals surface area contributed by atoms with Crippen molar-refractivity contribution in [2.45, 2.75) is 17.0 Å². The second-order valence-electron chi connectivity index (χ2n) is 1.81. The smallest absolute Gasteiger partial charge is 0.273 e. The van der Waals surface area contributed by atoms with Gasteiger partial charge in [0, 0.05) is 14.2 Å². The van der Waals surface area contributed by atoms with E-state index in [2.05, 4.69) is 9.47 Å². The molecule has 0 aromatic carbocycles. The fourth-order valence-corrected chi connectivity index (χ4v) is 0.0962. The van der Waals surface area contributed by atoms with Crippen molar-refractivity contribution < 1.29 is 14.3 Å². The third-order valence-corrected chi connectivity index (χ3v) is 1.98. The van der Waals surface area contributed by atoms with Crippen LogP contribution in [0.4, 0.5) is 0 Å². The van der Waals surface area contributed by atoms with Crippen molar-refractivity contribution in [3.05, 3.63) is 0 Å². The van der Waals surface area contributed by atoms with Crippen molar-refractivity contribution in [3.63, 3.8) is 0 Å². The molecule has 0 radical (unpaired) electrons. The maximum Gasteiger partial charge on any atom is 0.273 e. The zero-order valence-corrected chi connectivity index (χ0v) is 10.3. The standard InChI is InChI=1S/C4H10O2.C2Cl4O/c1-4(5-2)6-3;3-1(7)2(4,5)6/h4H,1-3H3;. The molecule has 0 atom stereocenters. The summed E-state index contributed by atoms with van der Waals surface area (Å²) in [7, 11) is 3.21. The first kappa shape index (κ1) is 16.2. The van der Waals surface area contributed by atoms with Gasteiger partial charge in [0.25, 0.3) is 9.03 Å². The van der Waals surface area contributed by atoms with E-state index < -0.39 is 9.03 Å². The molecule has 0 aliphatic heterocycles. The maximum atomic E-state index is 9.83. The summed E-state index contributed by atoms with van der Waals surface area (Å²) in [6.07, 6.45) is -0.0648. The minimum atomic E-state index is -1.96. The van der Waals surface area contributed by atoms with Crippen LogP contribution in [0.1, 0.15) is 6.92 Å². The van der Waals surface area contributed by atoms with E-state index in [1.807, 2.05) is 6.92 Å². The highest BCUT2D eigenvalue weighted by molar-refractivity contribution is 6.88. The van der Waals surface area contributed by atoms with Gasteiger partial charge < -0.3 is 9.47 Å². The Morgan fingerprint density at radius 3 is 1.46 bits per heavy atom. The Kier molecular flexibility index (Phi) is 10.1. The van der Waals surface area contributed by atoms with Crippen LogP contribution >= 0.6 is 46.4 Å². The SMILES string of the molecule is COC(C)OC.O=C(Cl)C(Cl)(Cl)Cl. The molecule has 0 N–H and O–H groups in total. The zero-order valence-electron chi connectivity index (χ0n) is 7.31. The monoisotopic (exact) mass is 270 g/mol. The molecule has 0 heterocycles. The van der Waals surface area contributed by atoms with Gasteiger partial charge in [-0.15, -0.1) is 0 Å². The van der Waals surface area contributed by atoms with Crippen LogP contribution in [-0.4, -0.2) is 29.5 Å². The van der Waals surface area contributed by atoms with Crippen molar-refractivity contribution in [2.24, 2.45) is 0 Å². The van der Waals surface area contributed by atoms with Gasteiger partial charge in [-0.3, -0.25) is 4.79 Å². The van der Waals surface area contributed by atoms with Crippen LogP contribution in [0.25, 0.3) is 0 Å². The molecule has 13 heavy (non-hydrogen) atoms. The van der Waals surface area contributed by atoms with Crippen molar-refractivity contribution in [1.29, 1.82) is 0 Å². The lowest BCUT2D eigenvalue weighted by Crippen LogP contribution is -2.10. The van der Waals surface area contributed by atoms with Gasteiger partial charge in [-0.25, -0.2) is 0 Å². The Morgan fingerprint density at radius 1 is 1.23 bits per heavy atom. The van der Waals surface area contributed by atoms with Gasteiger partial charge in [0.15, 0.2) is 6.29 Å². The Hall–Kier alpha value is 0.750. The first-order valence-corrected chi connectivity index (χ1v) is 4.59. The van der Waals surface area contributed by atoms with Crippen LogP contribution in [0.2, 0.25) is 0 Å². The number of methoxy groups -OCH3 is 2. The van der Waals surface area contributed by atoms with Crippen molar-refractivity contribution >= 4 is 51.6 Å². The predicted octanol–water partition coefficient (Wildman–Crippen LogP) is 2.75. The molecule has 7 heteroatoms. The third-order valence-electron chi connectivity index (χ3n) is 0.887. The Bertz CT molecular complexity index is 141. The van der Waals surface area contributed by atoms with E-state index in [0.29, 0.717) is 0 Å². The average molecular weight is 272 g/mol. The highest BCUT2D eigenvalue weighted by Crippen LogP contribution is 2.28. The molecule has 0 amide bonds. The first-order chi connectivity index (χ1) is 5.75. The maximum absolute atomic E-state index is 9.83. The normalized spacial score (nSPS) is 10.8. The molecular weight excluding hydrogens is 262 g/mol. The summed E-state index contributed by atoms with van der Waals surface area (Å²) in [5.41, 5.74) is 0. The van der Waals surface area contributed by atoms with Gasteiger partial charge in [-0.2, -0.15) is 0 Å². The van der Waals surface area contributed by atoms with Crippen LogP contribution in [0.5, 0.6) is 0 Å². The van der Waals surface area contributed by atoms with E-state index in [0.717, 1.165) is 0 Å². The molecular formula is C6H10Cl4O3. The number of alkyl halides is 3. The van der Waals surface area contributed by atoms with Crippen LogP contribution in [0, 0.1) is 0 Å². The number of rotatable bonds is 2. The Balaban J connectivity index is 0. The van der Waals surface area contributed by atoms with Crippen LogP contribution in [0.15, 0.2) is 0 Å². The van der Waals surface area contributed by atoms with Crippen molar-refractivity contribution in [3.8, 4) is 0 Å². The van der Waals surface area contributed by atoms with Crippen LogP contribution in [-0.2, 0) is 14.3 Å². The molecule has 0 aliphatic carbocycles. The number of halogens is 4. The molecule has 0 fully saturated rings. The fraction of sp³-hybridized carbons (Fsp3) is 0.833. The van der Waals surface area contributed by atoms with Gasteiger partial charge in [0.2, 0.25) is 0 Å². The lowest BCUT2D eigenvalue weighted by atomic mass is 10.8. The summed E-state index contributed by atoms with van der Waals surface area (Å²) < 4.78 is 7.40. The fourth-order valence-electron chi connectivity index (χ4n) is 0.0962. The molecule has 0 rings (SSSR count). The third kappa shape index (κ3) is 12.8. The molecule has 0 aliphatic rings. The largest absolute Gasteiger partial charge is 0.356 e. The second-order valence-corrected chi connectivity index (χ2v) is 4.44. The summed E-state index contributed by atoms with van der Waals surface area (Å²) in [5.74, 6) is 0. The van der Waals surface area contributed by atoms with Gasteiger partial charge in [0.1, 0.15) is 0 Å². The molecule has 0 aromatic heterocycles. The molecule has 0 saturated heterocycles. The Labute approximate surface area is 97.2 Å². The lowest BCUT2D eigenvalue weighted by Gasteiger charge is -2.03. The van der Waals surface area contributed by atoms with Gasteiger partial charge in [0.05, 0.1) is 0 Å². The molecule has 0 bridgehead atoms.